The Hall–Kier alpha value is -3.92. The van der Waals surface area contributed by atoms with Crippen molar-refractivity contribution in [3.05, 3.63) is 54.2 Å². The maximum absolute atomic E-state index is 5.94. The molecule has 4 heterocycles. The van der Waals surface area contributed by atoms with E-state index in [4.69, 9.17) is 10.3 Å². The van der Waals surface area contributed by atoms with Crippen molar-refractivity contribution < 1.29 is 4.52 Å². The molecule has 0 amide bonds. The summed E-state index contributed by atoms with van der Waals surface area (Å²) in [7, 11) is 1.85. The number of aromatic nitrogens is 6. The van der Waals surface area contributed by atoms with Gasteiger partial charge in [0.2, 0.25) is 23.5 Å². The first-order chi connectivity index (χ1) is 16.1. The van der Waals surface area contributed by atoms with Crippen LogP contribution in [0.5, 0.6) is 0 Å². The average molecular weight is 444 g/mol. The summed E-state index contributed by atoms with van der Waals surface area (Å²) in [5.74, 6) is 1.20. The van der Waals surface area contributed by atoms with Crippen molar-refractivity contribution in [3.63, 3.8) is 0 Å². The number of para-hydroxylation sites is 1. The second-order valence-electron chi connectivity index (χ2n) is 8.03. The molecule has 168 valence electrons. The van der Waals surface area contributed by atoms with Crippen LogP contribution >= 0.6 is 0 Å². The molecule has 3 aromatic heterocycles. The highest BCUT2D eigenvalue weighted by Crippen LogP contribution is 2.27. The van der Waals surface area contributed by atoms with Crippen LogP contribution in [0.1, 0.15) is 31.4 Å². The number of hydrogen-bond donors (Lipinski definition) is 1. The smallest absolute Gasteiger partial charge is 0.276 e. The lowest BCUT2D eigenvalue weighted by Gasteiger charge is -2.23. The second kappa shape index (κ2) is 8.91. The van der Waals surface area contributed by atoms with E-state index in [1.807, 2.05) is 54.5 Å². The van der Waals surface area contributed by atoms with Gasteiger partial charge < -0.3 is 15.2 Å². The van der Waals surface area contributed by atoms with Crippen LogP contribution in [-0.2, 0) is 0 Å². The monoisotopic (exact) mass is 443 g/mol. The van der Waals surface area contributed by atoms with Crippen LogP contribution < -0.4 is 10.6 Å². The van der Waals surface area contributed by atoms with E-state index in [0.717, 1.165) is 18.8 Å². The van der Waals surface area contributed by atoms with Crippen LogP contribution in [0.3, 0.4) is 0 Å². The lowest BCUT2D eigenvalue weighted by atomic mass is 10.1. The second-order valence-corrected chi connectivity index (χ2v) is 8.03. The maximum atomic E-state index is 5.94. The van der Waals surface area contributed by atoms with Crippen molar-refractivity contribution in [3.8, 4) is 23.2 Å². The SMILES string of the molecule is CC(c1ccc(-c2nc(-c3nc(N)nc(N(C)c4ccccc4)n3)no2)nc1)N1CCCC1. The molecule has 1 unspecified atom stereocenters. The van der Waals surface area contributed by atoms with Gasteiger partial charge in [0.05, 0.1) is 0 Å². The van der Waals surface area contributed by atoms with E-state index in [9.17, 15) is 0 Å². The summed E-state index contributed by atoms with van der Waals surface area (Å²) in [6.07, 6.45) is 4.38. The van der Waals surface area contributed by atoms with Gasteiger partial charge in [0.1, 0.15) is 5.69 Å². The Morgan fingerprint density at radius 3 is 2.48 bits per heavy atom. The largest absolute Gasteiger partial charge is 0.368 e. The highest BCUT2D eigenvalue weighted by molar-refractivity contribution is 5.59. The fourth-order valence-electron chi connectivity index (χ4n) is 3.93. The number of hydrogen-bond acceptors (Lipinski definition) is 10. The molecule has 10 nitrogen and oxygen atoms in total. The normalized spacial score (nSPS) is 15.0. The Morgan fingerprint density at radius 2 is 1.76 bits per heavy atom. The van der Waals surface area contributed by atoms with Crippen molar-refractivity contribution in [1.29, 1.82) is 0 Å². The zero-order chi connectivity index (χ0) is 22.8. The molecule has 1 aliphatic rings. The Balaban J connectivity index is 1.38. The number of pyridine rings is 1. The molecule has 5 rings (SSSR count). The molecule has 1 aliphatic heterocycles. The number of nitrogens with zero attached hydrogens (tertiary/aromatic N) is 8. The quantitative estimate of drug-likeness (QED) is 0.473. The third kappa shape index (κ3) is 4.37. The van der Waals surface area contributed by atoms with E-state index in [1.54, 1.807) is 0 Å². The first-order valence-corrected chi connectivity index (χ1v) is 10.9. The van der Waals surface area contributed by atoms with Crippen molar-refractivity contribution in [1.82, 2.24) is 35.0 Å². The van der Waals surface area contributed by atoms with Gasteiger partial charge in [0.15, 0.2) is 0 Å². The fourth-order valence-corrected chi connectivity index (χ4v) is 3.93. The van der Waals surface area contributed by atoms with Gasteiger partial charge in [-0.2, -0.15) is 19.9 Å². The summed E-state index contributed by atoms with van der Waals surface area (Å²) < 4.78 is 5.44. The Morgan fingerprint density at radius 1 is 0.970 bits per heavy atom. The van der Waals surface area contributed by atoms with Gasteiger partial charge in [-0.15, -0.1) is 0 Å². The number of anilines is 3. The number of rotatable bonds is 6. The minimum atomic E-state index is 0.0718. The minimum Gasteiger partial charge on any atom is -0.368 e. The van der Waals surface area contributed by atoms with Gasteiger partial charge in [0, 0.05) is 25.0 Å². The summed E-state index contributed by atoms with van der Waals surface area (Å²) in [5, 5.41) is 4.04. The van der Waals surface area contributed by atoms with Crippen LogP contribution in [0.15, 0.2) is 53.2 Å². The summed E-state index contributed by atoms with van der Waals surface area (Å²) >= 11 is 0. The molecule has 1 fully saturated rings. The molecule has 1 atom stereocenters. The van der Waals surface area contributed by atoms with Crippen LogP contribution in [-0.4, -0.2) is 55.1 Å². The van der Waals surface area contributed by atoms with Crippen LogP contribution in [0.4, 0.5) is 17.6 Å². The van der Waals surface area contributed by atoms with Gasteiger partial charge in [-0.05, 0) is 56.6 Å². The van der Waals surface area contributed by atoms with Crippen molar-refractivity contribution in [2.75, 3.05) is 30.8 Å². The molecular formula is C23H25N9O. The van der Waals surface area contributed by atoms with Gasteiger partial charge in [-0.1, -0.05) is 29.4 Å². The van der Waals surface area contributed by atoms with Crippen LogP contribution in [0.2, 0.25) is 0 Å². The maximum Gasteiger partial charge on any atom is 0.276 e. The molecule has 1 aromatic carbocycles. The van der Waals surface area contributed by atoms with E-state index in [1.165, 1.54) is 18.4 Å². The van der Waals surface area contributed by atoms with Crippen LogP contribution in [0.25, 0.3) is 23.2 Å². The third-order valence-electron chi connectivity index (χ3n) is 5.89. The van der Waals surface area contributed by atoms with Crippen molar-refractivity contribution in [2.45, 2.75) is 25.8 Å². The van der Waals surface area contributed by atoms with E-state index < -0.39 is 0 Å². The summed E-state index contributed by atoms with van der Waals surface area (Å²) in [6, 6.07) is 14.0. The molecule has 10 heteroatoms. The van der Waals surface area contributed by atoms with Gasteiger partial charge in [-0.3, -0.25) is 9.88 Å². The molecule has 0 spiro atoms. The Kier molecular flexibility index (Phi) is 5.66. The Bertz CT molecular complexity index is 1220. The number of benzene rings is 1. The first-order valence-electron chi connectivity index (χ1n) is 10.9. The predicted molar refractivity (Wildman–Crippen MR) is 124 cm³/mol. The molecular weight excluding hydrogens is 418 g/mol. The number of likely N-dealkylation sites (tertiary alicyclic amines) is 1. The van der Waals surface area contributed by atoms with Gasteiger partial charge >= 0.3 is 0 Å². The highest BCUT2D eigenvalue weighted by atomic mass is 16.5. The fraction of sp³-hybridized carbons (Fsp3) is 0.304. The highest BCUT2D eigenvalue weighted by Gasteiger charge is 2.21. The topological polar surface area (TPSA) is 123 Å². The summed E-state index contributed by atoms with van der Waals surface area (Å²) in [5.41, 5.74) is 8.61. The van der Waals surface area contributed by atoms with Gasteiger partial charge in [-0.25, -0.2) is 0 Å². The minimum absolute atomic E-state index is 0.0718. The zero-order valence-electron chi connectivity index (χ0n) is 18.6. The van der Waals surface area contributed by atoms with E-state index >= 15 is 0 Å². The van der Waals surface area contributed by atoms with E-state index in [2.05, 4.69) is 48.0 Å². The van der Waals surface area contributed by atoms with Crippen molar-refractivity contribution >= 4 is 17.6 Å². The number of nitrogen functional groups attached to an aromatic ring is 1. The summed E-state index contributed by atoms with van der Waals surface area (Å²) in [6.45, 7) is 4.47. The standard InChI is InChI=1S/C23H25N9O/c1-15(32-12-6-7-13-32)16-10-11-18(25-14-16)21-26-20(30-33-21)19-27-22(24)29-23(28-19)31(2)17-8-4-3-5-9-17/h3-5,8-11,14-15H,6-7,12-13H2,1-2H3,(H2,24,27,28,29). The van der Waals surface area contributed by atoms with Gasteiger partial charge in [0.25, 0.3) is 5.89 Å². The van der Waals surface area contributed by atoms with Crippen LogP contribution in [0, 0.1) is 0 Å². The lowest BCUT2D eigenvalue weighted by molar-refractivity contribution is 0.263. The molecule has 0 saturated carbocycles. The molecule has 0 radical (unpaired) electrons. The zero-order valence-corrected chi connectivity index (χ0v) is 18.6. The van der Waals surface area contributed by atoms with Crippen molar-refractivity contribution in [2.24, 2.45) is 0 Å². The molecule has 0 bridgehead atoms. The predicted octanol–water partition coefficient (Wildman–Crippen LogP) is 3.49. The van der Waals surface area contributed by atoms with E-state index in [-0.39, 0.29) is 17.6 Å². The molecule has 33 heavy (non-hydrogen) atoms. The average Bonchev–Trinajstić information content (AvgIpc) is 3.56. The third-order valence-corrected chi connectivity index (χ3v) is 5.89. The number of nitrogens with two attached hydrogens (primary N) is 1. The Labute approximate surface area is 191 Å². The molecule has 0 aliphatic carbocycles. The molecule has 2 N–H and O–H groups in total. The lowest BCUT2D eigenvalue weighted by Crippen LogP contribution is -2.23. The first kappa shape index (κ1) is 21.0. The summed E-state index contributed by atoms with van der Waals surface area (Å²) in [4.78, 5) is 26.2. The molecule has 1 saturated heterocycles. The van der Waals surface area contributed by atoms with E-state index in [0.29, 0.717) is 23.6 Å². The molecule has 4 aromatic rings.